The molecule has 1 aliphatic heterocycles. The smallest absolute Gasteiger partial charge is 0.0723 e. The summed E-state index contributed by atoms with van der Waals surface area (Å²) in [6.45, 7) is 0.854. The first-order valence-electron chi connectivity index (χ1n) is 4.30. The maximum absolute atomic E-state index is 4.37. The second-order valence-corrected chi connectivity index (χ2v) is 3.15. The number of benzene rings is 1. The summed E-state index contributed by atoms with van der Waals surface area (Å²) in [5.41, 5.74) is 9.69. The van der Waals surface area contributed by atoms with E-state index in [2.05, 4.69) is 21.9 Å². The van der Waals surface area contributed by atoms with Crippen molar-refractivity contribution in [3.05, 3.63) is 36.0 Å². The van der Waals surface area contributed by atoms with Gasteiger partial charge in [0, 0.05) is 23.7 Å². The third-order valence-corrected chi connectivity index (χ3v) is 2.35. The highest BCUT2D eigenvalue weighted by Crippen LogP contribution is 2.27. The Hall–Kier alpha value is -1.61. The molecule has 13 heavy (non-hydrogen) atoms. The lowest BCUT2D eigenvalue weighted by molar-refractivity contribution is 0.858. The number of para-hydroxylation sites is 1. The second-order valence-electron chi connectivity index (χ2n) is 3.15. The van der Waals surface area contributed by atoms with Gasteiger partial charge in [-0.15, -0.1) is 0 Å². The van der Waals surface area contributed by atoms with Crippen LogP contribution in [0.15, 0.2) is 30.5 Å². The molecule has 1 aliphatic rings. The number of pyridine rings is 1. The number of rotatable bonds is 0. The van der Waals surface area contributed by atoms with Crippen LogP contribution in [0.2, 0.25) is 0 Å². The summed E-state index contributed by atoms with van der Waals surface area (Å²) in [5, 5.41) is 1.19. The van der Waals surface area contributed by atoms with Crippen LogP contribution in [0.3, 0.4) is 0 Å². The van der Waals surface area contributed by atoms with Crippen LogP contribution in [0.5, 0.6) is 0 Å². The van der Waals surface area contributed by atoms with E-state index in [0.717, 1.165) is 12.1 Å². The summed E-state index contributed by atoms with van der Waals surface area (Å²) in [6.07, 6.45) is 1.92. The lowest BCUT2D eigenvalue weighted by Gasteiger charge is -2.02. The largest absolute Gasteiger partial charge is 0.320 e. The molecule has 0 unspecified atom stereocenters. The number of hydrazine groups is 1. The summed E-state index contributed by atoms with van der Waals surface area (Å²) in [6, 6.07) is 8.14. The summed E-state index contributed by atoms with van der Waals surface area (Å²) in [4.78, 5) is 4.37. The average Bonchev–Trinajstić information content (AvgIpc) is 2.65. The van der Waals surface area contributed by atoms with Crippen molar-refractivity contribution in [1.29, 1.82) is 0 Å². The van der Waals surface area contributed by atoms with Crippen LogP contribution in [-0.2, 0) is 6.54 Å². The molecule has 0 saturated heterocycles. The number of fused-ring (bicyclic) bond motifs is 3. The topological polar surface area (TPSA) is 37.0 Å². The molecule has 0 bridgehead atoms. The fourth-order valence-corrected chi connectivity index (χ4v) is 1.69. The summed E-state index contributed by atoms with van der Waals surface area (Å²) in [7, 11) is 0. The molecule has 0 spiro atoms. The molecular formula is C10H9N3. The molecule has 2 aromatic rings. The van der Waals surface area contributed by atoms with Gasteiger partial charge in [0.25, 0.3) is 0 Å². The van der Waals surface area contributed by atoms with E-state index in [9.17, 15) is 0 Å². The van der Waals surface area contributed by atoms with Gasteiger partial charge in [-0.3, -0.25) is 4.98 Å². The van der Waals surface area contributed by atoms with Crippen LogP contribution in [0.4, 0.5) is 5.69 Å². The van der Waals surface area contributed by atoms with Gasteiger partial charge in [-0.1, -0.05) is 18.2 Å². The van der Waals surface area contributed by atoms with Crippen molar-refractivity contribution < 1.29 is 0 Å². The molecule has 0 amide bonds. The van der Waals surface area contributed by atoms with Gasteiger partial charge in [-0.05, 0) is 6.07 Å². The van der Waals surface area contributed by atoms with E-state index in [1.807, 2.05) is 24.4 Å². The minimum atomic E-state index is 0.854. The van der Waals surface area contributed by atoms with Gasteiger partial charge >= 0.3 is 0 Å². The molecule has 2 N–H and O–H groups in total. The molecule has 0 radical (unpaired) electrons. The van der Waals surface area contributed by atoms with Crippen molar-refractivity contribution in [3.63, 3.8) is 0 Å². The van der Waals surface area contributed by atoms with Crippen LogP contribution in [0.25, 0.3) is 10.9 Å². The molecule has 64 valence electrons. The van der Waals surface area contributed by atoms with Crippen molar-refractivity contribution in [1.82, 2.24) is 10.4 Å². The Bertz CT molecular complexity index is 465. The summed E-state index contributed by atoms with van der Waals surface area (Å²) in [5.74, 6) is 0. The third kappa shape index (κ3) is 0.907. The number of aromatic nitrogens is 1. The highest BCUT2D eigenvalue weighted by molar-refractivity contribution is 5.93. The van der Waals surface area contributed by atoms with Crippen LogP contribution < -0.4 is 10.9 Å². The minimum absolute atomic E-state index is 0.854. The fraction of sp³-hybridized carbons (Fsp3) is 0.100. The molecule has 2 heterocycles. The predicted molar refractivity (Wildman–Crippen MR) is 52.2 cm³/mol. The first-order chi connectivity index (χ1) is 6.45. The lowest BCUT2D eigenvalue weighted by atomic mass is 10.1. The summed E-state index contributed by atoms with van der Waals surface area (Å²) >= 11 is 0. The monoisotopic (exact) mass is 171 g/mol. The van der Waals surface area contributed by atoms with E-state index in [1.54, 1.807) is 0 Å². The molecule has 0 aliphatic carbocycles. The van der Waals surface area contributed by atoms with Crippen LogP contribution in [-0.4, -0.2) is 4.98 Å². The van der Waals surface area contributed by atoms with E-state index in [0.29, 0.717) is 0 Å². The van der Waals surface area contributed by atoms with Crippen molar-refractivity contribution in [2.24, 2.45) is 0 Å². The molecule has 1 aromatic carbocycles. The minimum Gasteiger partial charge on any atom is -0.320 e. The third-order valence-electron chi connectivity index (χ3n) is 2.35. The number of anilines is 1. The molecule has 3 heteroatoms. The molecule has 1 aromatic heterocycles. The van der Waals surface area contributed by atoms with E-state index in [1.165, 1.54) is 16.6 Å². The Morgan fingerprint density at radius 3 is 3.15 bits per heavy atom. The fourth-order valence-electron chi connectivity index (χ4n) is 1.69. The van der Waals surface area contributed by atoms with Crippen molar-refractivity contribution in [2.45, 2.75) is 6.54 Å². The second kappa shape index (κ2) is 2.44. The van der Waals surface area contributed by atoms with Crippen LogP contribution >= 0.6 is 0 Å². The highest BCUT2D eigenvalue weighted by atomic mass is 15.4. The van der Waals surface area contributed by atoms with Crippen LogP contribution in [0.1, 0.15) is 5.56 Å². The molecule has 3 nitrogen and oxygen atoms in total. The van der Waals surface area contributed by atoms with Gasteiger partial charge in [-0.25, -0.2) is 5.43 Å². The quantitative estimate of drug-likeness (QED) is 0.633. The van der Waals surface area contributed by atoms with Crippen LogP contribution in [0, 0.1) is 0 Å². The maximum atomic E-state index is 4.37. The number of nitrogens with zero attached hydrogens (tertiary/aromatic N) is 1. The summed E-state index contributed by atoms with van der Waals surface area (Å²) < 4.78 is 0. The standard InChI is InChI=1S/C10H9N3/c1-2-4-9-8(3-1)10-7(5-11-9)6-12-13-10/h1-5,12-13H,6H2. The maximum Gasteiger partial charge on any atom is 0.0723 e. The Kier molecular flexibility index (Phi) is 1.29. The van der Waals surface area contributed by atoms with Gasteiger partial charge in [0.2, 0.25) is 0 Å². The van der Waals surface area contributed by atoms with E-state index >= 15 is 0 Å². The zero-order valence-electron chi connectivity index (χ0n) is 7.04. The van der Waals surface area contributed by atoms with Gasteiger partial charge < -0.3 is 5.43 Å². The molecular weight excluding hydrogens is 162 g/mol. The van der Waals surface area contributed by atoms with Gasteiger partial charge in [0.15, 0.2) is 0 Å². The van der Waals surface area contributed by atoms with E-state index in [4.69, 9.17) is 0 Å². The normalized spacial score (nSPS) is 14.2. The predicted octanol–water partition coefficient (Wildman–Crippen LogP) is 1.66. The van der Waals surface area contributed by atoms with Gasteiger partial charge in [0.05, 0.1) is 11.2 Å². The SMILES string of the molecule is c1ccc2c3c(cnc2c1)CNN3. The van der Waals surface area contributed by atoms with E-state index < -0.39 is 0 Å². The van der Waals surface area contributed by atoms with Crippen molar-refractivity contribution in [3.8, 4) is 0 Å². The zero-order chi connectivity index (χ0) is 8.67. The number of hydrogen-bond acceptors (Lipinski definition) is 3. The number of nitrogens with one attached hydrogen (secondary N) is 2. The molecule has 0 atom stereocenters. The van der Waals surface area contributed by atoms with Crippen molar-refractivity contribution >= 4 is 16.6 Å². The van der Waals surface area contributed by atoms with Gasteiger partial charge in [0.1, 0.15) is 0 Å². The Balaban J connectivity index is 2.43. The average molecular weight is 171 g/mol. The number of hydrogen-bond donors (Lipinski definition) is 2. The first-order valence-corrected chi connectivity index (χ1v) is 4.30. The Morgan fingerprint density at radius 2 is 2.15 bits per heavy atom. The Morgan fingerprint density at radius 1 is 1.23 bits per heavy atom. The zero-order valence-corrected chi connectivity index (χ0v) is 7.04. The molecule has 0 saturated carbocycles. The van der Waals surface area contributed by atoms with E-state index in [-0.39, 0.29) is 0 Å². The molecule has 3 rings (SSSR count). The first kappa shape index (κ1) is 6.86. The Labute approximate surface area is 75.8 Å². The highest BCUT2D eigenvalue weighted by Gasteiger charge is 2.12. The van der Waals surface area contributed by atoms with Gasteiger partial charge in [-0.2, -0.15) is 0 Å². The lowest BCUT2D eigenvalue weighted by Crippen LogP contribution is -2.11. The molecule has 0 fully saturated rings. The van der Waals surface area contributed by atoms with Crippen molar-refractivity contribution in [2.75, 3.05) is 5.43 Å².